The zero-order chi connectivity index (χ0) is 11.1. The minimum Gasteiger partial charge on any atom is -0.316 e. The van der Waals surface area contributed by atoms with Crippen LogP contribution in [-0.4, -0.2) is 23.6 Å². The second-order valence-electron chi connectivity index (χ2n) is 4.96. The van der Waals surface area contributed by atoms with Crippen LogP contribution in [-0.2, 0) is 0 Å². The summed E-state index contributed by atoms with van der Waals surface area (Å²) in [6.07, 6.45) is 9.73. The minimum absolute atomic E-state index is 0.515. The molecule has 15 heavy (non-hydrogen) atoms. The van der Waals surface area contributed by atoms with Gasteiger partial charge < -0.3 is 5.32 Å². The van der Waals surface area contributed by atoms with E-state index >= 15 is 0 Å². The molecule has 1 aliphatic heterocycles. The first-order valence-corrected chi connectivity index (χ1v) is 7.52. The molecule has 1 aliphatic rings. The third-order valence-corrected chi connectivity index (χ3v) is 5.32. The van der Waals surface area contributed by atoms with Crippen LogP contribution < -0.4 is 5.32 Å². The van der Waals surface area contributed by atoms with Gasteiger partial charge in [0.2, 0.25) is 0 Å². The summed E-state index contributed by atoms with van der Waals surface area (Å²) < 4.78 is 0.515. The molecule has 0 aromatic rings. The molecule has 1 N–H and O–H groups in total. The molecule has 1 fully saturated rings. The van der Waals surface area contributed by atoms with Gasteiger partial charge in [0, 0.05) is 10.8 Å². The number of hydrogen-bond donors (Lipinski definition) is 1. The number of unbranched alkanes of at least 4 members (excludes halogenated alkanes) is 3. The van der Waals surface area contributed by atoms with E-state index in [4.69, 9.17) is 0 Å². The van der Waals surface area contributed by atoms with Crippen LogP contribution in [0.5, 0.6) is 0 Å². The molecular weight excluding hydrogens is 202 g/mol. The predicted molar refractivity (Wildman–Crippen MR) is 71.7 cm³/mol. The second-order valence-corrected chi connectivity index (χ2v) is 6.58. The van der Waals surface area contributed by atoms with Gasteiger partial charge in [-0.15, -0.1) is 0 Å². The Bertz CT molecular complexity index is 164. The third-order valence-electron chi connectivity index (χ3n) is 3.68. The molecule has 0 radical (unpaired) electrons. The van der Waals surface area contributed by atoms with Crippen LogP contribution in [0.1, 0.15) is 58.8 Å². The number of nitrogens with one attached hydrogen (secondary N) is 1. The fraction of sp³-hybridized carbons (Fsp3) is 1.00. The largest absolute Gasteiger partial charge is 0.316 e. The summed E-state index contributed by atoms with van der Waals surface area (Å²) >= 11 is 2.18. The van der Waals surface area contributed by atoms with Gasteiger partial charge >= 0.3 is 0 Å². The molecule has 0 spiro atoms. The summed E-state index contributed by atoms with van der Waals surface area (Å²) in [4.78, 5) is 0. The van der Waals surface area contributed by atoms with Gasteiger partial charge in [0.1, 0.15) is 0 Å². The monoisotopic (exact) mass is 229 g/mol. The van der Waals surface area contributed by atoms with E-state index in [1.807, 2.05) is 0 Å². The van der Waals surface area contributed by atoms with Crippen molar-refractivity contribution < 1.29 is 0 Å². The van der Waals surface area contributed by atoms with Crippen molar-refractivity contribution in [2.75, 3.05) is 12.8 Å². The van der Waals surface area contributed by atoms with E-state index in [0.29, 0.717) is 4.75 Å². The van der Waals surface area contributed by atoms with Crippen molar-refractivity contribution in [3.63, 3.8) is 0 Å². The fourth-order valence-electron chi connectivity index (χ4n) is 2.61. The average Bonchev–Trinajstić information content (AvgIpc) is 2.66. The van der Waals surface area contributed by atoms with E-state index in [1.54, 1.807) is 0 Å². The Kier molecular flexibility index (Phi) is 6.06. The number of rotatable bonds is 7. The highest BCUT2D eigenvalue weighted by atomic mass is 32.2. The molecule has 1 saturated heterocycles. The van der Waals surface area contributed by atoms with E-state index in [9.17, 15) is 0 Å². The topological polar surface area (TPSA) is 12.0 Å². The van der Waals surface area contributed by atoms with Gasteiger partial charge in [-0.2, -0.15) is 11.8 Å². The normalized spacial score (nSPS) is 28.2. The molecule has 0 aromatic carbocycles. The molecule has 1 nitrogen and oxygen atoms in total. The highest BCUT2D eigenvalue weighted by Gasteiger charge is 2.36. The van der Waals surface area contributed by atoms with E-state index in [-0.39, 0.29) is 0 Å². The quantitative estimate of drug-likeness (QED) is 0.666. The van der Waals surface area contributed by atoms with Gasteiger partial charge in [0.15, 0.2) is 0 Å². The maximum atomic E-state index is 3.54. The smallest absolute Gasteiger partial charge is 0.0285 e. The maximum Gasteiger partial charge on any atom is 0.0285 e. The summed E-state index contributed by atoms with van der Waals surface area (Å²) in [5.41, 5.74) is 0. The summed E-state index contributed by atoms with van der Waals surface area (Å²) in [5, 5.41) is 3.54. The van der Waals surface area contributed by atoms with Crippen molar-refractivity contribution in [2.24, 2.45) is 0 Å². The number of hydrogen-bond acceptors (Lipinski definition) is 2. The zero-order valence-electron chi connectivity index (χ0n) is 10.6. The van der Waals surface area contributed by atoms with Crippen molar-refractivity contribution in [1.82, 2.24) is 5.32 Å². The van der Waals surface area contributed by atoms with Crippen molar-refractivity contribution in [3.05, 3.63) is 0 Å². The van der Waals surface area contributed by atoms with Crippen molar-refractivity contribution in [3.8, 4) is 0 Å². The molecule has 0 bridgehead atoms. The molecule has 2 unspecified atom stereocenters. The molecule has 1 heterocycles. The van der Waals surface area contributed by atoms with Gasteiger partial charge in [0.05, 0.1) is 0 Å². The van der Waals surface area contributed by atoms with Crippen LogP contribution in [0.4, 0.5) is 0 Å². The van der Waals surface area contributed by atoms with Crippen LogP contribution >= 0.6 is 11.8 Å². The van der Waals surface area contributed by atoms with Crippen molar-refractivity contribution in [2.45, 2.75) is 69.6 Å². The van der Waals surface area contributed by atoms with E-state index in [1.165, 1.54) is 50.7 Å². The first kappa shape index (κ1) is 13.4. The van der Waals surface area contributed by atoms with Gasteiger partial charge in [-0.05, 0) is 39.0 Å². The molecule has 0 aromatic heterocycles. The Morgan fingerprint density at radius 1 is 1.33 bits per heavy atom. The van der Waals surface area contributed by atoms with Gasteiger partial charge in [-0.1, -0.05) is 32.6 Å². The summed E-state index contributed by atoms with van der Waals surface area (Å²) in [7, 11) is 2.13. The summed E-state index contributed by atoms with van der Waals surface area (Å²) in [6.45, 7) is 4.73. The van der Waals surface area contributed by atoms with Gasteiger partial charge in [0.25, 0.3) is 0 Å². The highest BCUT2D eigenvalue weighted by molar-refractivity contribution is 8.00. The van der Waals surface area contributed by atoms with E-state index < -0.39 is 0 Å². The van der Waals surface area contributed by atoms with Gasteiger partial charge in [-0.3, -0.25) is 0 Å². The number of thioether (sulfide) groups is 1. The first-order valence-electron chi connectivity index (χ1n) is 6.54. The maximum absolute atomic E-state index is 3.54. The molecule has 0 saturated carbocycles. The SMILES string of the molecule is CCCCCCC(NC)C1(C)CCCS1. The lowest BCUT2D eigenvalue weighted by molar-refractivity contribution is 0.389. The third kappa shape index (κ3) is 3.99. The predicted octanol–water partition coefficient (Wildman–Crippen LogP) is 3.83. The molecular formula is C13H27NS. The Labute approximate surface area is 99.8 Å². The molecule has 0 amide bonds. The molecule has 90 valence electrons. The first-order chi connectivity index (χ1) is 7.23. The molecule has 2 heteroatoms. The van der Waals surface area contributed by atoms with Gasteiger partial charge in [-0.25, -0.2) is 0 Å². The fourth-order valence-corrected chi connectivity index (χ4v) is 4.09. The van der Waals surface area contributed by atoms with Crippen LogP contribution in [0.2, 0.25) is 0 Å². The van der Waals surface area contributed by atoms with Crippen molar-refractivity contribution >= 4 is 11.8 Å². The van der Waals surface area contributed by atoms with Crippen molar-refractivity contribution in [1.29, 1.82) is 0 Å². The Balaban J connectivity index is 2.28. The molecule has 0 aliphatic carbocycles. The van der Waals surface area contributed by atoms with E-state index in [2.05, 4.69) is 38.0 Å². The van der Waals surface area contributed by atoms with Crippen LogP contribution in [0.25, 0.3) is 0 Å². The average molecular weight is 229 g/mol. The van der Waals surface area contributed by atoms with Crippen LogP contribution in [0, 0.1) is 0 Å². The van der Waals surface area contributed by atoms with E-state index in [0.717, 1.165) is 6.04 Å². The summed E-state index contributed by atoms with van der Waals surface area (Å²) in [5.74, 6) is 1.36. The molecule has 1 rings (SSSR count). The lowest BCUT2D eigenvalue weighted by atomic mass is 9.92. The zero-order valence-corrected chi connectivity index (χ0v) is 11.5. The van der Waals surface area contributed by atoms with Crippen LogP contribution in [0.15, 0.2) is 0 Å². The Hall–Kier alpha value is 0.310. The molecule has 2 atom stereocenters. The second kappa shape index (κ2) is 6.80. The highest BCUT2D eigenvalue weighted by Crippen LogP contribution is 2.41. The Morgan fingerprint density at radius 3 is 2.67 bits per heavy atom. The summed E-state index contributed by atoms with van der Waals surface area (Å²) in [6, 6.07) is 0.724. The lowest BCUT2D eigenvalue weighted by Crippen LogP contribution is -2.43. The minimum atomic E-state index is 0.515. The standard InChI is InChI=1S/C13H27NS/c1-4-5-6-7-9-12(14-3)13(2)10-8-11-15-13/h12,14H,4-11H2,1-3H3. The van der Waals surface area contributed by atoms with Crippen LogP contribution in [0.3, 0.4) is 0 Å². The lowest BCUT2D eigenvalue weighted by Gasteiger charge is -2.33. The Morgan fingerprint density at radius 2 is 2.13 bits per heavy atom.